The maximum Gasteiger partial charge on any atom is 0.453 e. The van der Waals surface area contributed by atoms with Crippen LogP contribution in [0.4, 0.5) is 26.3 Å². The van der Waals surface area contributed by atoms with Gasteiger partial charge in [0.15, 0.2) is 0 Å². The van der Waals surface area contributed by atoms with Gasteiger partial charge in [-0.05, 0) is 0 Å². The molecule has 0 aliphatic rings. The average Bonchev–Trinajstić information content (AvgIpc) is 1.84. The van der Waals surface area contributed by atoms with Gasteiger partial charge in [0, 0.05) is 0 Å². The summed E-state index contributed by atoms with van der Waals surface area (Å²) in [6, 6.07) is 0. The van der Waals surface area contributed by atoms with Crippen LogP contribution in [0.3, 0.4) is 0 Å². The van der Waals surface area contributed by atoms with Crippen molar-refractivity contribution in [3.8, 4) is 0 Å². The van der Waals surface area contributed by atoms with E-state index < -0.39 is 24.7 Å². The van der Waals surface area contributed by atoms with Crippen molar-refractivity contribution in [1.82, 2.24) is 0 Å². The van der Waals surface area contributed by atoms with Crippen molar-refractivity contribution < 1.29 is 26.3 Å². The molecule has 12 heavy (non-hydrogen) atoms. The summed E-state index contributed by atoms with van der Waals surface area (Å²) < 4.78 is 70.1. The van der Waals surface area contributed by atoms with Gasteiger partial charge in [-0.2, -0.15) is 22.0 Å². The van der Waals surface area contributed by atoms with Gasteiger partial charge >= 0.3 is 12.1 Å². The highest BCUT2D eigenvalue weighted by Crippen LogP contribution is 2.39. The monoisotopic (exact) mass is 192 g/mol. The standard InChI is InChI=1S/C6H6F6/c1-2-4(7)3-5(8,9)6(10,11)12/h2,4H,1,3H2. The topological polar surface area (TPSA) is 0 Å². The number of alkyl halides is 6. The summed E-state index contributed by atoms with van der Waals surface area (Å²) in [5, 5.41) is 0. The van der Waals surface area contributed by atoms with Crippen LogP contribution < -0.4 is 0 Å². The van der Waals surface area contributed by atoms with Crippen LogP contribution in [0, 0.1) is 0 Å². The zero-order valence-electron chi connectivity index (χ0n) is 5.84. The molecule has 72 valence electrons. The number of rotatable bonds is 3. The van der Waals surface area contributed by atoms with Crippen molar-refractivity contribution in [3.63, 3.8) is 0 Å². The van der Waals surface area contributed by atoms with Crippen LogP contribution >= 0.6 is 0 Å². The van der Waals surface area contributed by atoms with Gasteiger partial charge in [0.1, 0.15) is 6.17 Å². The normalized spacial score (nSPS) is 15.8. The van der Waals surface area contributed by atoms with Gasteiger partial charge < -0.3 is 0 Å². The van der Waals surface area contributed by atoms with Crippen LogP contribution in [0.25, 0.3) is 0 Å². The molecule has 0 spiro atoms. The highest BCUT2D eigenvalue weighted by atomic mass is 19.4. The van der Waals surface area contributed by atoms with Crippen LogP contribution in [0.5, 0.6) is 0 Å². The average molecular weight is 192 g/mol. The van der Waals surface area contributed by atoms with Crippen LogP contribution in [-0.2, 0) is 0 Å². The Labute approximate surface area is 64.9 Å². The van der Waals surface area contributed by atoms with Gasteiger partial charge in [-0.1, -0.05) is 6.08 Å². The molecule has 0 amide bonds. The molecule has 0 saturated heterocycles. The molecule has 0 saturated carbocycles. The Hall–Kier alpha value is -0.680. The van der Waals surface area contributed by atoms with Crippen molar-refractivity contribution in [3.05, 3.63) is 12.7 Å². The third-order valence-corrected chi connectivity index (χ3v) is 1.12. The van der Waals surface area contributed by atoms with E-state index >= 15 is 0 Å². The van der Waals surface area contributed by atoms with Gasteiger partial charge in [0.05, 0.1) is 6.42 Å². The number of hydrogen-bond acceptors (Lipinski definition) is 0. The van der Waals surface area contributed by atoms with Crippen molar-refractivity contribution in [2.45, 2.75) is 24.7 Å². The number of allylic oxidation sites excluding steroid dienone is 1. The summed E-state index contributed by atoms with van der Waals surface area (Å²) in [4.78, 5) is 0. The molecule has 0 nitrogen and oxygen atoms in total. The SMILES string of the molecule is C=CC(F)CC(F)(F)C(F)(F)F. The molecule has 0 aliphatic carbocycles. The zero-order chi connectivity index (χ0) is 9.99. The van der Waals surface area contributed by atoms with Crippen LogP contribution in [-0.4, -0.2) is 18.3 Å². The van der Waals surface area contributed by atoms with E-state index in [4.69, 9.17) is 0 Å². The number of hydrogen-bond donors (Lipinski definition) is 0. The molecule has 6 heteroatoms. The molecule has 0 aromatic rings. The molecule has 0 radical (unpaired) electrons. The van der Waals surface area contributed by atoms with Crippen molar-refractivity contribution in [2.75, 3.05) is 0 Å². The van der Waals surface area contributed by atoms with Crippen LogP contribution in [0.1, 0.15) is 6.42 Å². The molecular formula is C6H6F6. The first-order chi connectivity index (χ1) is 5.20. The second-order valence-corrected chi connectivity index (χ2v) is 2.16. The Bertz CT molecular complexity index is 158. The van der Waals surface area contributed by atoms with E-state index in [2.05, 4.69) is 6.58 Å². The third-order valence-electron chi connectivity index (χ3n) is 1.12. The van der Waals surface area contributed by atoms with Crippen molar-refractivity contribution in [1.29, 1.82) is 0 Å². The second-order valence-electron chi connectivity index (χ2n) is 2.16. The second kappa shape index (κ2) is 3.37. The van der Waals surface area contributed by atoms with Gasteiger partial charge in [0.25, 0.3) is 0 Å². The van der Waals surface area contributed by atoms with E-state index in [1.54, 1.807) is 0 Å². The minimum atomic E-state index is -5.69. The van der Waals surface area contributed by atoms with E-state index in [0.29, 0.717) is 6.08 Å². The summed E-state index contributed by atoms with van der Waals surface area (Å²) in [6.07, 6.45) is -9.54. The van der Waals surface area contributed by atoms with E-state index in [1.807, 2.05) is 0 Å². The Morgan fingerprint density at radius 2 is 1.58 bits per heavy atom. The maximum atomic E-state index is 12.1. The van der Waals surface area contributed by atoms with Crippen LogP contribution in [0.2, 0.25) is 0 Å². The smallest absolute Gasteiger partial charge is 0.243 e. The Morgan fingerprint density at radius 1 is 1.17 bits per heavy atom. The Balaban J connectivity index is 4.32. The minimum absolute atomic E-state index is 0.402. The molecule has 1 atom stereocenters. The van der Waals surface area contributed by atoms with Crippen molar-refractivity contribution >= 4 is 0 Å². The largest absolute Gasteiger partial charge is 0.453 e. The fourth-order valence-electron chi connectivity index (χ4n) is 0.444. The van der Waals surface area contributed by atoms with E-state index in [1.165, 1.54) is 0 Å². The Morgan fingerprint density at radius 3 is 1.83 bits per heavy atom. The molecule has 0 aromatic heterocycles. The van der Waals surface area contributed by atoms with Gasteiger partial charge in [-0.25, -0.2) is 4.39 Å². The van der Waals surface area contributed by atoms with E-state index in [9.17, 15) is 26.3 Å². The molecule has 0 aromatic carbocycles. The molecule has 0 aliphatic heterocycles. The minimum Gasteiger partial charge on any atom is -0.243 e. The zero-order valence-corrected chi connectivity index (χ0v) is 5.84. The first-order valence-electron chi connectivity index (χ1n) is 2.92. The van der Waals surface area contributed by atoms with E-state index in [-0.39, 0.29) is 0 Å². The van der Waals surface area contributed by atoms with Gasteiger partial charge in [0.2, 0.25) is 0 Å². The molecule has 0 rings (SSSR count). The van der Waals surface area contributed by atoms with Gasteiger partial charge in [-0.3, -0.25) is 0 Å². The summed E-state index contributed by atoms with van der Waals surface area (Å²) in [5.41, 5.74) is 0. The van der Waals surface area contributed by atoms with Crippen molar-refractivity contribution in [2.24, 2.45) is 0 Å². The highest BCUT2D eigenvalue weighted by Gasteiger charge is 2.57. The van der Waals surface area contributed by atoms with Crippen LogP contribution in [0.15, 0.2) is 12.7 Å². The summed E-state index contributed by atoms with van der Waals surface area (Å²) >= 11 is 0. The maximum absolute atomic E-state index is 12.1. The quantitative estimate of drug-likeness (QED) is 0.476. The fourth-order valence-corrected chi connectivity index (χ4v) is 0.444. The highest BCUT2D eigenvalue weighted by molar-refractivity contribution is 4.87. The predicted molar refractivity (Wildman–Crippen MR) is 30.7 cm³/mol. The molecular weight excluding hydrogens is 186 g/mol. The third kappa shape index (κ3) is 2.75. The first kappa shape index (κ1) is 11.3. The lowest BCUT2D eigenvalue weighted by Crippen LogP contribution is -2.38. The first-order valence-corrected chi connectivity index (χ1v) is 2.92. The lowest BCUT2D eigenvalue weighted by Gasteiger charge is -2.19. The predicted octanol–water partition coefficient (Wildman–Crippen LogP) is 3.10. The number of halogens is 6. The fraction of sp³-hybridized carbons (Fsp3) is 0.667. The molecule has 0 fully saturated rings. The molecule has 0 N–H and O–H groups in total. The summed E-state index contributed by atoms with van der Waals surface area (Å²) in [7, 11) is 0. The van der Waals surface area contributed by atoms with E-state index in [0.717, 1.165) is 0 Å². The van der Waals surface area contributed by atoms with Gasteiger partial charge in [-0.15, -0.1) is 6.58 Å². The lowest BCUT2D eigenvalue weighted by atomic mass is 10.1. The molecule has 0 bridgehead atoms. The molecule has 0 heterocycles. The lowest BCUT2D eigenvalue weighted by molar-refractivity contribution is -0.287. The molecule has 1 unspecified atom stereocenters. The Kier molecular flexibility index (Phi) is 3.17. The summed E-state index contributed by atoms with van der Waals surface area (Å²) in [6.45, 7) is 2.75. The summed E-state index contributed by atoms with van der Waals surface area (Å²) in [5.74, 6) is -4.99.